The van der Waals surface area contributed by atoms with Crippen LogP contribution in [-0.2, 0) is 0 Å². The Morgan fingerprint density at radius 1 is 1.53 bits per heavy atom. The van der Waals surface area contributed by atoms with Crippen LogP contribution in [0.4, 0.5) is 0 Å². The molecule has 2 aromatic heterocycles. The van der Waals surface area contributed by atoms with Gasteiger partial charge in [0.05, 0.1) is 15.9 Å². The number of rotatable bonds is 2. The highest BCUT2D eigenvalue weighted by Gasteiger charge is 2.10. The predicted molar refractivity (Wildman–Crippen MR) is 64.7 cm³/mol. The van der Waals surface area contributed by atoms with E-state index in [1.807, 2.05) is 12.3 Å². The number of hydrogen-bond donors (Lipinski definition) is 1. The zero-order chi connectivity index (χ0) is 10.8. The summed E-state index contributed by atoms with van der Waals surface area (Å²) in [7, 11) is 0. The monoisotopic (exact) mass is 315 g/mol. The molecule has 0 fully saturated rings. The number of aliphatic hydroxyl groups excluding tert-OH is 1. The van der Waals surface area contributed by atoms with Gasteiger partial charge in [-0.05, 0) is 35.6 Å². The maximum Gasteiger partial charge on any atom is 0.159 e. The minimum atomic E-state index is -0.546. The zero-order valence-electron chi connectivity index (χ0n) is 8.13. The van der Waals surface area contributed by atoms with Crippen molar-refractivity contribution < 1.29 is 5.11 Å². The second kappa shape index (κ2) is 4.28. The van der Waals surface area contributed by atoms with Gasteiger partial charge in [0.25, 0.3) is 0 Å². The van der Waals surface area contributed by atoms with Crippen LogP contribution in [0, 0.1) is 3.57 Å². The molecule has 1 N–H and O–H groups in total. The highest BCUT2D eigenvalue weighted by Crippen LogP contribution is 2.18. The topological polar surface area (TPSA) is 50.9 Å². The molecule has 2 rings (SSSR count). The van der Waals surface area contributed by atoms with Crippen LogP contribution in [0.25, 0.3) is 5.82 Å². The third kappa shape index (κ3) is 2.18. The van der Waals surface area contributed by atoms with Crippen molar-refractivity contribution in [2.75, 3.05) is 0 Å². The van der Waals surface area contributed by atoms with Crippen molar-refractivity contribution in [2.24, 2.45) is 0 Å². The normalized spacial score (nSPS) is 12.7. The third-order valence-electron chi connectivity index (χ3n) is 2.04. The van der Waals surface area contributed by atoms with Gasteiger partial charge in [-0.3, -0.25) is 0 Å². The van der Waals surface area contributed by atoms with Crippen molar-refractivity contribution in [3.05, 3.63) is 39.9 Å². The molecule has 0 aliphatic carbocycles. The van der Waals surface area contributed by atoms with E-state index in [0.29, 0.717) is 5.82 Å². The van der Waals surface area contributed by atoms with Crippen molar-refractivity contribution in [1.29, 1.82) is 0 Å². The van der Waals surface area contributed by atoms with Gasteiger partial charge in [0, 0.05) is 18.0 Å². The van der Waals surface area contributed by atoms with Gasteiger partial charge in [-0.2, -0.15) is 5.10 Å². The molecular weight excluding hydrogens is 305 g/mol. The summed E-state index contributed by atoms with van der Waals surface area (Å²) in [5, 5.41) is 13.8. The largest absolute Gasteiger partial charge is 0.389 e. The van der Waals surface area contributed by atoms with Gasteiger partial charge in [-0.25, -0.2) is 9.67 Å². The molecule has 0 spiro atoms. The van der Waals surface area contributed by atoms with Crippen LogP contribution in [0.3, 0.4) is 0 Å². The van der Waals surface area contributed by atoms with E-state index in [-0.39, 0.29) is 0 Å². The lowest BCUT2D eigenvalue weighted by molar-refractivity contribution is 0.198. The summed E-state index contributed by atoms with van der Waals surface area (Å²) in [6.07, 6.45) is 4.77. The molecule has 0 radical (unpaired) electrons. The van der Waals surface area contributed by atoms with Crippen LogP contribution >= 0.6 is 22.6 Å². The molecule has 0 aromatic carbocycles. The van der Waals surface area contributed by atoms with Crippen molar-refractivity contribution in [2.45, 2.75) is 13.0 Å². The van der Waals surface area contributed by atoms with Gasteiger partial charge in [0.2, 0.25) is 0 Å². The first-order valence-electron chi connectivity index (χ1n) is 4.52. The number of hydrogen-bond acceptors (Lipinski definition) is 3. The number of aliphatic hydroxyl groups is 1. The van der Waals surface area contributed by atoms with E-state index in [0.717, 1.165) is 9.13 Å². The lowest BCUT2D eigenvalue weighted by atomic mass is 10.1. The molecule has 0 bridgehead atoms. The van der Waals surface area contributed by atoms with Crippen LogP contribution in [0.2, 0.25) is 0 Å². The molecule has 0 unspecified atom stereocenters. The number of halogens is 1. The highest BCUT2D eigenvalue weighted by molar-refractivity contribution is 14.1. The van der Waals surface area contributed by atoms with Gasteiger partial charge in [-0.1, -0.05) is 6.07 Å². The fourth-order valence-electron chi connectivity index (χ4n) is 1.34. The Morgan fingerprint density at radius 2 is 2.33 bits per heavy atom. The van der Waals surface area contributed by atoms with Gasteiger partial charge >= 0.3 is 0 Å². The summed E-state index contributed by atoms with van der Waals surface area (Å²) in [6, 6.07) is 3.65. The summed E-state index contributed by atoms with van der Waals surface area (Å²) in [4.78, 5) is 4.22. The van der Waals surface area contributed by atoms with Crippen LogP contribution in [-0.4, -0.2) is 19.9 Å². The maximum atomic E-state index is 9.59. The standard InChI is InChI=1S/C10H10IN3O/c1-7(15)9-3-2-4-12-10(9)14-6-8(11)5-13-14/h2-7,15H,1H3/t7-/m0/s1. The molecular formula is C10H10IN3O. The Morgan fingerprint density at radius 3 is 2.93 bits per heavy atom. The summed E-state index contributed by atoms with van der Waals surface area (Å²) in [6.45, 7) is 1.72. The molecule has 1 atom stereocenters. The quantitative estimate of drug-likeness (QED) is 0.862. The fourth-order valence-corrected chi connectivity index (χ4v) is 1.73. The second-order valence-electron chi connectivity index (χ2n) is 3.20. The van der Waals surface area contributed by atoms with Gasteiger partial charge in [0.15, 0.2) is 5.82 Å². The van der Waals surface area contributed by atoms with Crippen LogP contribution in [0.5, 0.6) is 0 Å². The van der Waals surface area contributed by atoms with Crippen molar-refractivity contribution in [3.63, 3.8) is 0 Å². The summed E-state index contributed by atoms with van der Waals surface area (Å²) in [5.41, 5.74) is 0.775. The third-order valence-corrected chi connectivity index (χ3v) is 2.59. The van der Waals surface area contributed by atoms with E-state index >= 15 is 0 Å². The lowest BCUT2D eigenvalue weighted by Crippen LogP contribution is -2.05. The smallest absolute Gasteiger partial charge is 0.159 e. The molecule has 0 saturated carbocycles. The van der Waals surface area contributed by atoms with Gasteiger partial charge < -0.3 is 5.11 Å². The molecule has 15 heavy (non-hydrogen) atoms. The van der Waals surface area contributed by atoms with Crippen molar-refractivity contribution in [3.8, 4) is 5.82 Å². The first kappa shape index (κ1) is 10.6. The molecule has 0 aliphatic rings. The van der Waals surface area contributed by atoms with Crippen LogP contribution in [0.1, 0.15) is 18.6 Å². The molecule has 5 heteroatoms. The molecule has 0 saturated heterocycles. The molecule has 78 valence electrons. The first-order chi connectivity index (χ1) is 7.18. The second-order valence-corrected chi connectivity index (χ2v) is 4.44. The Balaban J connectivity index is 2.52. The van der Waals surface area contributed by atoms with Gasteiger partial charge in [-0.15, -0.1) is 0 Å². The van der Waals surface area contributed by atoms with Crippen molar-refractivity contribution in [1.82, 2.24) is 14.8 Å². The lowest BCUT2D eigenvalue weighted by Gasteiger charge is -2.09. The average Bonchev–Trinajstić information content (AvgIpc) is 2.65. The number of pyridine rings is 1. The minimum absolute atomic E-state index is 0.546. The molecule has 2 heterocycles. The maximum absolute atomic E-state index is 9.59. The summed E-state index contributed by atoms with van der Waals surface area (Å²) >= 11 is 2.18. The van der Waals surface area contributed by atoms with E-state index in [4.69, 9.17) is 0 Å². The van der Waals surface area contributed by atoms with Crippen molar-refractivity contribution >= 4 is 22.6 Å². The van der Waals surface area contributed by atoms with E-state index < -0.39 is 6.10 Å². The number of nitrogens with zero attached hydrogens (tertiary/aromatic N) is 3. The van der Waals surface area contributed by atoms with Crippen LogP contribution < -0.4 is 0 Å². The molecule has 2 aromatic rings. The SMILES string of the molecule is C[C@H](O)c1cccnc1-n1cc(I)cn1. The fraction of sp³-hybridized carbons (Fsp3) is 0.200. The van der Waals surface area contributed by atoms with E-state index in [9.17, 15) is 5.11 Å². The van der Waals surface area contributed by atoms with Crippen LogP contribution in [0.15, 0.2) is 30.7 Å². The predicted octanol–water partition coefficient (Wildman–Crippen LogP) is 1.93. The van der Waals surface area contributed by atoms with Gasteiger partial charge in [0.1, 0.15) is 0 Å². The van der Waals surface area contributed by atoms with E-state index in [1.54, 1.807) is 30.1 Å². The Bertz CT molecular complexity index is 467. The molecule has 0 amide bonds. The summed E-state index contributed by atoms with van der Waals surface area (Å²) in [5.74, 6) is 0.676. The Labute approximate surface area is 101 Å². The van der Waals surface area contributed by atoms with E-state index in [1.165, 1.54) is 0 Å². The Hall–Kier alpha value is -0.950. The Kier molecular flexibility index (Phi) is 3.01. The number of aromatic nitrogens is 3. The molecule has 4 nitrogen and oxygen atoms in total. The highest BCUT2D eigenvalue weighted by atomic mass is 127. The average molecular weight is 315 g/mol. The first-order valence-corrected chi connectivity index (χ1v) is 5.60. The minimum Gasteiger partial charge on any atom is -0.389 e. The van der Waals surface area contributed by atoms with E-state index in [2.05, 4.69) is 32.7 Å². The zero-order valence-corrected chi connectivity index (χ0v) is 10.3. The summed E-state index contributed by atoms with van der Waals surface area (Å²) < 4.78 is 2.71. The molecule has 0 aliphatic heterocycles.